The molecule has 2 unspecified atom stereocenters. The number of piperidine rings is 1. The van der Waals surface area contributed by atoms with Crippen molar-refractivity contribution in [1.82, 2.24) is 4.90 Å². The first-order chi connectivity index (χ1) is 6.02. The number of carbonyl (C=O) groups excluding carboxylic acids is 1. The second-order valence-electron chi connectivity index (χ2n) is 4.18. The van der Waals surface area contributed by atoms with Crippen LogP contribution < -0.4 is 0 Å². The summed E-state index contributed by atoms with van der Waals surface area (Å²) in [5.74, 6) is 0.504. The summed E-state index contributed by atoms with van der Waals surface area (Å²) >= 11 is 0. The highest BCUT2D eigenvalue weighted by Gasteiger charge is 2.31. The average molecular weight is 187 g/mol. The molecular formula is C10H18FNO. The van der Waals surface area contributed by atoms with Crippen molar-refractivity contribution in [2.24, 2.45) is 11.8 Å². The van der Waals surface area contributed by atoms with Crippen LogP contribution in [-0.2, 0) is 4.79 Å². The van der Waals surface area contributed by atoms with Crippen molar-refractivity contribution < 1.29 is 9.18 Å². The molecule has 1 saturated heterocycles. The summed E-state index contributed by atoms with van der Waals surface area (Å²) < 4.78 is 13.5. The van der Waals surface area contributed by atoms with Crippen molar-refractivity contribution in [3.8, 4) is 0 Å². The summed E-state index contributed by atoms with van der Waals surface area (Å²) in [6.07, 6.45) is -0.0315. The van der Waals surface area contributed by atoms with Gasteiger partial charge in [0.25, 0.3) is 0 Å². The number of halogens is 1. The maximum atomic E-state index is 13.5. The van der Waals surface area contributed by atoms with Gasteiger partial charge in [-0.15, -0.1) is 0 Å². The van der Waals surface area contributed by atoms with E-state index in [1.165, 1.54) is 6.92 Å². The van der Waals surface area contributed by atoms with Crippen LogP contribution in [0.5, 0.6) is 0 Å². The van der Waals surface area contributed by atoms with E-state index in [4.69, 9.17) is 0 Å². The van der Waals surface area contributed by atoms with E-state index in [-0.39, 0.29) is 18.4 Å². The molecule has 0 bridgehead atoms. The highest BCUT2D eigenvalue weighted by atomic mass is 19.1. The molecule has 1 aliphatic heterocycles. The molecule has 0 N–H and O–H groups in total. The van der Waals surface area contributed by atoms with Gasteiger partial charge in [0.15, 0.2) is 0 Å². The van der Waals surface area contributed by atoms with Crippen LogP contribution in [0.4, 0.5) is 4.39 Å². The molecule has 1 fully saturated rings. The molecule has 1 heterocycles. The number of amides is 1. The van der Waals surface area contributed by atoms with Gasteiger partial charge in [0, 0.05) is 13.5 Å². The Labute approximate surface area is 79.1 Å². The molecule has 1 amide bonds. The Balaban J connectivity index is 2.51. The van der Waals surface area contributed by atoms with Crippen LogP contribution in [0.1, 0.15) is 27.2 Å². The second kappa shape index (κ2) is 4.07. The minimum Gasteiger partial charge on any atom is -0.340 e. The summed E-state index contributed by atoms with van der Waals surface area (Å²) in [4.78, 5) is 12.6. The van der Waals surface area contributed by atoms with Crippen molar-refractivity contribution in [3.05, 3.63) is 0 Å². The van der Waals surface area contributed by atoms with E-state index in [1.54, 1.807) is 4.90 Å². The van der Waals surface area contributed by atoms with E-state index in [1.807, 2.05) is 13.8 Å². The lowest BCUT2D eigenvalue weighted by Gasteiger charge is -2.36. The summed E-state index contributed by atoms with van der Waals surface area (Å²) in [6, 6.07) is 0. The fraction of sp³-hybridized carbons (Fsp3) is 0.900. The standard InChI is InChI=1S/C10H18FNO/c1-7(2)9-4-5-12(8(3)13)6-10(9)11/h7,9-10H,4-6H2,1-3H3. The lowest BCUT2D eigenvalue weighted by atomic mass is 9.85. The smallest absolute Gasteiger partial charge is 0.219 e. The van der Waals surface area contributed by atoms with E-state index in [0.717, 1.165) is 13.0 Å². The first-order valence-corrected chi connectivity index (χ1v) is 4.92. The molecule has 0 aromatic heterocycles. The van der Waals surface area contributed by atoms with Crippen LogP contribution in [0.25, 0.3) is 0 Å². The van der Waals surface area contributed by atoms with Gasteiger partial charge in [0.2, 0.25) is 5.91 Å². The van der Waals surface area contributed by atoms with Crippen molar-refractivity contribution in [3.63, 3.8) is 0 Å². The zero-order chi connectivity index (χ0) is 10.0. The van der Waals surface area contributed by atoms with Crippen LogP contribution in [0, 0.1) is 11.8 Å². The molecule has 1 aliphatic rings. The van der Waals surface area contributed by atoms with Crippen LogP contribution >= 0.6 is 0 Å². The first kappa shape index (κ1) is 10.5. The molecule has 3 heteroatoms. The molecule has 0 saturated carbocycles. The highest BCUT2D eigenvalue weighted by molar-refractivity contribution is 5.73. The zero-order valence-electron chi connectivity index (χ0n) is 8.59. The lowest BCUT2D eigenvalue weighted by Crippen LogP contribution is -2.45. The van der Waals surface area contributed by atoms with Crippen molar-refractivity contribution in [1.29, 1.82) is 0 Å². The van der Waals surface area contributed by atoms with Gasteiger partial charge in [-0.3, -0.25) is 4.79 Å². The topological polar surface area (TPSA) is 20.3 Å². The van der Waals surface area contributed by atoms with E-state index in [9.17, 15) is 9.18 Å². The Hall–Kier alpha value is -0.600. The molecule has 1 rings (SSSR count). The van der Waals surface area contributed by atoms with Crippen molar-refractivity contribution in [2.45, 2.75) is 33.4 Å². The van der Waals surface area contributed by atoms with Gasteiger partial charge in [-0.05, 0) is 18.3 Å². The SMILES string of the molecule is CC(=O)N1CCC(C(C)C)C(F)C1. The van der Waals surface area contributed by atoms with Gasteiger partial charge < -0.3 is 4.90 Å². The van der Waals surface area contributed by atoms with Crippen molar-refractivity contribution >= 4 is 5.91 Å². The van der Waals surface area contributed by atoms with Gasteiger partial charge in [-0.25, -0.2) is 4.39 Å². The zero-order valence-corrected chi connectivity index (χ0v) is 8.59. The Morgan fingerprint density at radius 3 is 2.54 bits per heavy atom. The van der Waals surface area contributed by atoms with Crippen LogP contribution in [0.2, 0.25) is 0 Å². The molecular weight excluding hydrogens is 169 g/mol. The predicted octanol–water partition coefficient (Wildman–Crippen LogP) is 1.85. The molecule has 0 aromatic carbocycles. The minimum atomic E-state index is -0.836. The highest BCUT2D eigenvalue weighted by Crippen LogP contribution is 2.27. The van der Waals surface area contributed by atoms with E-state index in [0.29, 0.717) is 5.92 Å². The fourth-order valence-corrected chi connectivity index (χ4v) is 1.96. The number of hydrogen-bond acceptors (Lipinski definition) is 1. The number of likely N-dealkylation sites (tertiary alicyclic amines) is 1. The van der Waals surface area contributed by atoms with Gasteiger partial charge in [0.1, 0.15) is 6.17 Å². The molecule has 0 spiro atoms. The van der Waals surface area contributed by atoms with Gasteiger partial charge in [-0.2, -0.15) is 0 Å². The third kappa shape index (κ3) is 2.42. The number of alkyl halides is 1. The van der Waals surface area contributed by atoms with Gasteiger partial charge in [0.05, 0.1) is 6.54 Å². The van der Waals surface area contributed by atoms with Gasteiger partial charge in [-0.1, -0.05) is 13.8 Å². The maximum Gasteiger partial charge on any atom is 0.219 e. The molecule has 0 aromatic rings. The molecule has 76 valence electrons. The molecule has 2 atom stereocenters. The molecule has 0 radical (unpaired) electrons. The number of nitrogens with zero attached hydrogens (tertiary/aromatic N) is 1. The lowest BCUT2D eigenvalue weighted by molar-refractivity contribution is -0.132. The van der Waals surface area contributed by atoms with E-state index < -0.39 is 6.17 Å². The third-order valence-corrected chi connectivity index (χ3v) is 2.89. The summed E-state index contributed by atoms with van der Waals surface area (Å²) in [6.45, 7) is 6.60. The quantitative estimate of drug-likeness (QED) is 0.613. The molecule has 2 nitrogen and oxygen atoms in total. The van der Waals surface area contributed by atoms with E-state index in [2.05, 4.69) is 0 Å². The fourth-order valence-electron chi connectivity index (χ4n) is 1.96. The minimum absolute atomic E-state index is 0.00939. The van der Waals surface area contributed by atoms with Gasteiger partial charge >= 0.3 is 0 Å². The summed E-state index contributed by atoms with van der Waals surface area (Å²) in [5, 5.41) is 0. The van der Waals surface area contributed by atoms with Crippen LogP contribution in [0.3, 0.4) is 0 Å². The molecule has 0 aliphatic carbocycles. The third-order valence-electron chi connectivity index (χ3n) is 2.89. The monoisotopic (exact) mass is 187 g/mol. The number of hydrogen-bond donors (Lipinski definition) is 0. The molecule has 13 heavy (non-hydrogen) atoms. The number of carbonyl (C=O) groups is 1. The predicted molar refractivity (Wildman–Crippen MR) is 50.1 cm³/mol. The largest absolute Gasteiger partial charge is 0.340 e. The van der Waals surface area contributed by atoms with Crippen LogP contribution in [-0.4, -0.2) is 30.1 Å². The van der Waals surface area contributed by atoms with Crippen LogP contribution in [0.15, 0.2) is 0 Å². The Kier molecular flexibility index (Phi) is 3.28. The second-order valence-corrected chi connectivity index (χ2v) is 4.18. The Bertz CT molecular complexity index is 193. The van der Waals surface area contributed by atoms with E-state index >= 15 is 0 Å². The first-order valence-electron chi connectivity index (χ1n) is 4.92. The summed E-state index contributed by atoms with van der Waals surface area (Å²) in [7, 11) is 0. The number of rotatable bonds is 1. The van der Waals surface area contributed by atoms with Crippen molar-refractivity contribution in [2.75, 3.05) is 13.1 Å². The summed E-state index contributed by atoms with van der Waals surface area (Å²) in [5.41, 5.74) is 0. The Morgan fingerprint density at radius 2 is 2.15 bits per heavy atom. The normalized spacial score (nSPS) is 29.5. The Morgan fingerprint density at radius 1 is 1.54 bits per heavy atom. The maximum absolute atomic E-state index is 13.5. The average Bonchev–Trinajstić information content (AvgIpc) is 2.03.